The molecule has 0 unspecified atom stereocenters. The second kappa shape index (κ2) is 7.19. The minimum absolute atomic E-state index is 0.450. The lowest BCUT2D eigenvalue weighted by atomic mass is 10.2. The SMILES string of the molecule is O=C([O-])COc1ccc(/C=N\n2cnnc2-c2ccccc2)cc1. The maximum atomic E-state index is 10.4. The normalized spacial score (nSPS) is 10.8. The molecule has 7 heteroatoms. The van der Waals surface area contributed by atoms with E-state index >= 15 is 0 Å². The van der Waals surface area contributed by atoms with Gasteiger partial charge in [0.05, 0.1) is 12.2 Å². The maximum Gasteiger partial charge on any atom is 0.184 e. The molecule has 0 bridgehead atoms. The molecular formula is C17H13N4O3-. The summed E-state index contributed by atoms with van der Waals surface area (Å²) in [6.07, 6.45) is 3.18. The molecule has 0 saturated heterocycles. The summed E-state index contributed by atoms with van der Waals surface area (Å²) < 4.78 is 6.60. The summed E-state index contributed by atoms with van der Waals surface area (Å²) >= 11 is 0. The van der Waals surface area contributed by atoms with Crippen LogP contribution >= 0.6 is 0 Å². The predicted molar refractivity (Wildman–Crippen MR) is 85.4 cm³/mol. The highest BCUT2D eigenvalue weighted by molar-refractivity contribution is 5.79. The predicted octanol–water partition coefficient (Wildman–Crippen LogP) is 0.956. The molecule has 3 aromatic rings. The van der Waals surface area contributed by atoms with Gasteiger partial charge < -0.3 is 14.6 Å². The van der Waals surface area contributed by atoms with Crippen LogP contribution in [0.4, 0.5) is 0 Å². The monoisotopic (exact) mass is 321 g/mol. The van der Waals surface area contributed by atoms with Gasteiger partial charge in [0.15, 0.2) is 5.82 Å². The van der Waals surface area contributed by atoms with Gasteiger partial charge in [-0.05, 0) is 29.8 Å². The molecule has 1 aromatic heterocycles. The molecule has 0 spiro atoms. The molecule has 0 N–H and O–H groups in total. The van der Waals surface area contributed by atoms with Gasteiger partial charge in [-0.3, -0.25) is 0 Å². The lowest BCUT2D eigenvalue weighted by Gasteiger charge is -2.06. The lowest BCUT2D eigenvalue weighted by molar-refractivity contribution is -0.307. The number of nitrogens with zero attached hydrogens (tertiary/aromatic N) is 4. The summed E-state index contributed by atoms with van der Waals surface area (Å²) in [4.78, 5) is 10.4. The number of rotatable bonds is 6. The molecule has 0 aliphatic heterocycles. The number of carbonyl (C=O) groups excluding carboxylic acids is 1. The molecule has 3 rings (SSSR count). The Morgan fingerprint density at radius 1 is 1.17 bits per heavy atom. The Kier molecular flexibility index (Phi) is 4.62. The van der Waals surface area contributed by atoms with E-state index in [1.165, 1.54) is 6.33 Å². The van der Waals surface area contributed by atoms with Crippen LogP contribution in [0.25, 0.3) is 11.4 Å². The zero-order valence-electron chi connectivity index (χ0n) is 12.6. The first-order valence-electron chi connectivity index (χ1n) is 7.15. The molecule has 0 fully saturated rings. The summed E-state index contributed by atoms with van der Waals surface area (Å²) in [5.41, 5.74) is 1.74. The molecule has 0 atom stereocenters. The highest BCUT2D eigenvalue weighted by Gasteiger charge is 2.05. The van der Waals surface area contributed by atoms with Crippen molar-refractivity contribution in [2.24, 2.45) is 5.10 Å². The van der Waals surface area contributed by atoms with E-state index in [4.69, 9.17) is 4.74 Å². The van der Waals surface area contributed by atoms with E-state index in [0.717, 1.165) is 11.1 Å². The van der Waals surface area contributed by atoms with Crippen molar-refractivity contribution >= 4 is 12.2 Å². The Bertz CT molecular complexity index is 842. The molecule has 1 heterocycles. The van der Waals surface area contributed by atoms with Gasteiger partial charge in [0.25, 0.3) is 0 Å². The minimum Gasteiger partial charge on any atom is -0.546 e. The van der Waals surface area contributed by atoms with Crippen LogP contribution in [-0.2, 0) is 4.79 Å². The van der Waals surface area contributed by atoms with E-state index in [1.54, 1.807) is 35.2 Å². The van der Waals surface area contributed by atoms with Gasteiger partial charge in [-0.2, -0.15) is 9.78 Å². The number of carbonyl (C=O) groups is 1. The number of benzene rings is 2. The fourth-order valence-corrected chi connectivity index (χ4v) is 2.01. The van der Waals surface area contributed by atoms with Gasteiger partial charge in [-0.1, -0.05) is 30.3 Å². The standard InChI is InChI=1S/C17H14N4O3/c22-16(23)11-24-15-8-6-13(7-9-15)10-19-21-12-18-20-17(21)14-4-2-1-3-5-14/h1-10,12H,11H2,(H,22,23)/p-1/b19-10-. The van der Waals surface area contributed by atoms with Crippen molar-refractivity contribution in [3.63, 3.8) is 0 Å². The Morgan fingerprint density at radius 2 is 1.92 bits per heavy atom. The highest BCUT2D eigenvalue weighted by Crippen LogP contribution is 2.15. The van der Waals surface area contributed by atoms with Crippen LogP contribution in [0.1, 0.15) is 5.56 Å². The van der Waals surface area contributed by atoms with Crippen molar-refractivity contribution < 1.29 is 14.6 Å². The Balaban J connectivity index is 1.73. The van der Waals surface area contributed by atoms with Gasteiger partial charge in [0.1, 0.15) is 18.7 Å². The average molecular weight is 321 g/mol. The molecule has 0 saturated carbocycles. The van der Waals surface area contributed by atoms with E-state index in [-0.39, 0.29) is 0 Å². The molecule has 2 aromatic carbocycles. The molecule has 0 aliphatic rings. The van der Waals surface area contributed by atoms with Crippen molar-refractivity contribution in [1.29, 1.82) is 0 Å². The third-order valence-electron chi connectivity index (χ3n) is 3.13. The molecule has 0 amide bonds. The van der Waals surface area contributed by atoms with Crippen LogP contribution < -0.4 is 9.84 Å². The van der Waals surface area contributed by atoms with Crippen LogP contribution in [0.3, 0.4) is 0 Å². The van der Waals surface area contributed by atoms with Crippen molar-refractivity contribution in [3.05, 3.63) is 66.5 Å². The zero-order chi connectivity index (χ0) is 16.8. The number of aromatic nitrogens is 3. The van der Waals surface area contributed by atoms with Crippen LogP contribution in [0.2, 0.25) is 0 Å². The largest absolute Gasteiger partial charge is 0.546 e. The van der Waals surface area contributed by atoms with Crippen molar-refractivity contribution in [3.8, 4) is 17.1 Å². The van der Waals surface area contributed by atoms with Crippen molar-refractivity contribution in [2.45, 2.75) is 0 Å². The van der Waals surface area contributed by atoms with Gasteiger partial charge in [-0.25, -0.2) is 0 Å². The summed E-state index contributed by atoms with van der Waals surface area (Å²) in [5, 5.41) is 22.6. The van der Waals surface area contributed by atoms with E-state index < -0.39 is 12.6 Å². The first-order chi connectivity index (χ1) is 11.7. The Hall–Kier alpha value is -3.48. The summed E-state index contributed by atoms with van der Waals surface area (Å²) in [5.74, 6) is -0.173. The first-order valence-corrected chi connectivity index (χ1v) is 7.15. The number of hydrogen-bond acceptors (Lipinski definition) is 6. The molecule has 24 heavy (non-hydrogen) atoms. The van der Waals surface area contributed by atoms with Gasteiger partial charge in [0.2, 0.25) is 0 Å². The van der Waals surface area contributed by atoms with Gasteiger partial charge in [-0.15, -0.1) is 10.2 Å². The third kappa shape index (κ3) is 3.83. The molecule has 0 radical (unpaired) electrons. The second-order valence-electron chi connectivity index (χ2n) is 4.84. The molecule has 7 nitrogen and oxygen atoms in total. The maximum absolute atomic E-state index is 10.4. The minimum atomic E-state index is -1.26. The number of ether oxygens (including phenoxy) is 1. The lowest BCUT2D eigenvalue weighted by Crippen LogP contribution is -2.28. The Morgan fingerprint density at radius 3 is 2.62 bits per heavy atom. The fraction of sp³-hybridized carbons (Fsp3) is 0.0588. The number of aliphatic carboxylic acids is 1. The van der Waals surface area contributed by atoms with E-state index in [9.17, 15) is 9.90 Å². The summed E-state index contributed by atoms with van der Waals surface area (Å²) in [7, 11) is 0. The van der Waals surface area contributed by atoms with Crippen LogP contribution in [0, 0.1) is 0 Å². The van der Waals surface area contributed by atoms with Gasteiger partial charge in [0, 0.05) is 5.56 Å². The van der Waals surface area contributed by atoms with Crippen molar-refractivity contribution in [2.75, 3.05) is 6.61 Å². The third-order valence-corrected chi connectivity index (χ3v) is 3.13. The second-order valence-corrected chi connectivity index (χ2v) is 4.84. The van der Waals surface area contributed by atoms with Gasteiger partial charge >= 0.3 is 0 Å². The summed E-state index contributed by atoms with van der Waals surface area (Å²) in [6.45, 7) is -0.478. The molecule has 0 aliphatic carbocycles. The molecular weight excluding hydrogens is 308 g/mol. The number of carboxylic acid groups (broad SMARTS) is 1. The van der Waals surface area contributed by atoms with Crippen LogP contribution in [0.5, 0.6) is 5.75 Å². The summed E-state index contributed by atoms with van der Waals surface area (Å²) in [6, 6.07) is 16.5. The fourth-order valence-electron chi connectivity index (χ4n) is 2.01. The van der Waals surface area contributed by atoms with Crippen molar-refractivity contribution in [1.82, 2.24) is 14.9 Å². The van der Waals surface area contributed by atoms with E-state index in [2.05, 4.69) is 15.3 Å². The van der Waals surface area contributed by atoms with E-state index in [1.807, 2.05) is 30.3 Å². The average Bonchev–Trinajstić information content (AvgIpc) is 3.08. The smallest absolute Gasteiger partial charge is 0.184 e. The topological polar surface area (TPSA) is 92.4 Å². The van der Waals surface area contributed by atoms with Crippen LogP contribution in [0.15, 0.2) is 66.0 Å². The quantitative estimate of drug-likeness (QED) is 0.630. The van der Waals surface area contributed by atoms with Crippen LogP contribution in [-0.4, -0.2) is 33.7 Å². The number of carboxylic acids is 1. The van der Waals surface area contributed by atoms with E-state index in [0.29, 0.717) is 11.6 Å². The Labute approximate surface area is 137 Å². The highest BCUT2D eigenvalue weighted by atomic mass is 16.5. The molecule has 120 valence electrons. The number of hydrogen-bond donors (Lipinski definition) is 0. The zero-order valence-corrected chi connectivity index (χ0v) is 12.6. The first kappa shape index (κ1) is 15.4.